The van der Waals surface area contributed by atoms with Gasteiger partial charge in [0.05, 0.1) is 0 Å². The molecule has 0 saturated heterocycles. The number of halogens is 6. The van der Waals surface area contributed by atoms with Crippen LogP contribution in [0.3, 0.4) is 0 Å². The summed E-state index contributed by atoms with van der Waals surface area (Å²) < 4.78 is 14.7. The second kappa shape index (κ2) is 7.78. The third kappa shape index (κ3) is 3.65. The van der Waals surface area contributed by atoms with E-state index in [4.69, 9.17) is 58.0 Å². The van der Waals surface area contributed by atoms with E-state index in [0.717, 1.165) is 0 Å². The molecule has 0 radical (unpaired) electrons. The molecular weight excluding hydrogens is 423 g/mol. The highest BCUT2D eigenvalue weighted by Gasteiger charge is 2.33. The molecule has 3 aromatic rings. The molecule has 126 valence electrons. The topological polar surface area (TPSA) is 0 Å². The van der Waals surface area contributed by atoms with Gasteiger partial charge in [-0.15, -0.1) is 0 Å². The second-order valence-electron chi connectivity index (χ2n) is 5.34. The van der Waals surface area contributed by atoms with Crippen LogP contribution in [-0.4, -0.2) is 6.71 Å². The van der Waals surface area contributed by atoms with Gasteiger partial charge in [-0.2, -0.15) is 0 Å². The lowest BCUT2D eigenvalue weighted by Gasteiger charge is -2.22. The van der Waals surface area contributed by atoms with Gasteiger partial charge in [0.15, 0.2) is 0 Å². The van der Waals surface area contributed by atoms with Crippen molar-refractivity contribution in [2.45, 2.75) is 0 Å². The zero-order chi connectivity index (χ0) is 18.1. The van der Waals surface area contributed by atoms with Crippen molar-refractivity contribution in [3.8, 4) is 0 Å². The van der Waals surface area contributed by atoms with E-state index in [9.17, 15) is 4.39 Å². The van der Waals surface area contributed by atoms with Gasteiger partial charge in [-0.1, -0.05) is 76.2 Å². The van der Waals surface area contributed by atoms with Crippen LogP contribution in [0.25, 0.3) is 0 Å². The van der Waals surface area contributed by atoms with E-state index in [1.165, 1.54) is 12.1 Å². The molecule has 3 rings (SSSR count). The lowest BCUT2D eigenvalue weighted by atomic mass is 9.36. The van der Waals surface area contributed by atoms with Crippen LogP contribution in [0.15, 0.2) is 54.6 Å². The maximum absolute atomic E-state index is 14.7. The van der Waals surface area contributed by atoms with Crippen LogP contribution in [0.2, 0.25) is 25.1 Å². The minimum Gasteiger partial charge on any atom is -0.208 e. The van der Waals surface area contributed by atoms with E-state index in [1.807, 2.05) is 0 Å². The Balaban J connectivity index is 2.42. The van der Waals surface area contributed by atoms with Crippen LogP contribution in [0.5, 0.6) is 0 Å². The van der Waals surface area contributed by atoms with E-state index < -0.39 is 12.5 Å². The quantitative estimate of drug-likeness (QED) is 0.472. The van der Waals surface area contributed by atoms with Gasteiger partial charge in [0, 0.05) is 25.1 Å². The molecule has 0 heterocycles. The lowest BCUT2D eigenvalue weighted by molar-refractivity contribution is 0.636. The van der Waals surface area contributed by atoms with Gasteiger partial charge in [0.25, 0.3) is 6.71 Å². The van der Waals surface area contributed by atoms with Gasteiger partial charge in [0.2, 0.25) is 0 Å². The lowest BCUT2D eigenvalue weighted by Crippen LogP contribution is -2.55. The SMILES string of the molecule is Fc1cccc(Cl)c1B(c1c(Cl)cccc1Cl)c1c(Cl)cccc1Cl. The Morgan fingerprint density at radius 2 is 0.840 bits per heavy atom. The van der Waals surface area contributed by atoms with Gasteiger partial charge >= 0.3 is 0 Å². The average Bonchev–Trinajstić information content (AvgIpc) is 2.53. The predicted molar refractivity (Wildman–Crippen MR) is 109 cm³/mol. The smallest absolute Gasteiger partial charge is 0.208 e. The molecule has 0 N–H and O–H groups in total. The normalized spacial score (nSPS) is 10.8. The number of hydrogen-bond acceptors (Lipinski definition) is 0. The first-order chi connectivity index (χ1) is 11.9. The van der Waals surface area contributed by atoms with Crippen LogP contribution in [-0.2, 0) is 0 Å². The first-order valence-electron chi connectivity index (χ1n) is 7.23. The predicted octanol–water partition coefficient (Wildman–Crippen LogP) is 5.61. The average molecular weight is 432 g/mol. The summed E-state index contributed by atoms with van der Waals surface area (Å²) in [5, 5.41) is 1.71. The molecule has 7 heteroatoms. The maximum atomic E-state index is 14.7. The van der Waals surface area contributed by atoms with Crippen LogP contribution in [0, 0.1) is 5.82 Å². The molecule has 0 amide bonds. The molecule has 0 saturated carbocycles. The van der Waals surface area contributed by atoms with Crippen molar-refractivity contribution in [1.82, 2.24) is 0 Å². The molecule has 0 unspecified atom stereocenters. The summed E-state index contributed by atoms with van der Waals surface area (Å²) in [6.45, 7) is -0.754. The van der Waals surface area contributed by atoms with Crippen molar-refractivity contribution in [3.63, 3.8) is 0 Å². The minimum absolute atomic E-state index is 0.217. The molecule has 0 aromatic heterocycles. The molecule has 0 atom stereocenters. The Morgan fingerprint density at radius 1 is 0.520 bits per heavy atom. The fourth-order valence-corrected chi connectivity index (χ4v) is 4.30. The fourth-order valence-electron chi connectivity index (χ4n) is 2.79. The molecule has 0 aliphatic carbocycles. The molecule has 25 heavy (non-hydrogen) atoms. The van der Waals surface area contributed by atoms with E-state index >= 15 is 0 Å². The Hall–Kier alpha value is -0.895. The molecule has 3 aromatic carbocycles. The van der Waals surface area contributed by atoms with E-state index in [0.29, 0.717) is 31.0 Å². The standard InChI is InChI=1S/C18H9BCl5F/c20-10-4-1-5-11(21)16(10)19(17-12(22)6-2-7-13(17)23)18-14(24)8-3-9-15(18)25/h1-9H. The van der Waals surface area contributed by atoms with Crippen molar-refractivity contribution in [2.75, 3.05) is 0 Å². The second-order valence-corrected chi connectivity index (χ2v) is 7.38. The number of rotatable bonds is 3. The van der Waals surface area contributed by atoms with Gasteiger partial charge in [-0.25, -0.2) is 4.39 Å². The summed E-state index contributed by atoms with van der Waals surface area (Å²) in [6.07, 6.45) is 0. The molecule has 0 bridgehead atoms. The first kappa shape index (κ1) is 18.9. The maximum Gasteiger partial charge on any atom is 0.254 e. The van der Waals surface area contributed by atoms with E-state index in [2.05, 4.69) is 0 Å². The van der Waals surface area contributed by atoms with Crippen LogP contribution in [0.4, 0.5) is 4.39 Å². The highest BCUT2D eigenvalue weighted by atomic mass is 35.5. The van der Waals surface area contributed by atoms with Crippen LogP contribution in [0.1, 0.15) is 0 Å². The zero-order valence-electron chi connectivity index (χ0n) is 12.5. The van der Waals surface area contributed by atoms with Gasteiger partial charge in [0.1, 0.15) is 5.82 Å². The van der Waals surface area contributed by atoms with E-state index in [1.54, 1.807) is 42.5 Å². The number of hydrogen-bond donors (Lipinski definition) is 0. The zero-order valence-corrected chi connectivity index (χ0v) is 16.3. The summed E-state index contributed by atoms with van der Waals surface area (Å²) >= 11 is 31.9. The third-order valence-corrected chi connectivity index (χ3v) is 5.51. The first-order valence-corrected chi connectivity index (χ1v) is 9.12. The summed E-state index contributed by atoms with van der Waals surface area (Å²) in [4.78, 5) is 0. The monoisotopic (exact) mass is 430 g/mol. The highest BCUT2D eigenvalue weighted by molar-refractivity contribution is 7.00. The van der Waals surface area contributed by atoms with Gasteiger partial charge < -0.3 is 0 Å². The summed E-state index contributed by atoms with van der Waals surface area (Å²) in [5.41, 5.74) is 1.20. The minimum atomic E-state index is -0.754. The fraction of sp³-hybridized carbons (Fsp3) is 0. The summed E-state index contributed by atoms with van der Waals surface area (Å²) in [5.74, 6) is -0.496. The molecule has 0 spiro atoms. The summed E-state index contributed by atoms with van der Waals surface area (Å²) in [7, 11) is 0. The van der Waals surface area contributed by atoms with Gasteiger partial charge in [-0.3, -0.25) is 0 Å². The summed E-state index contributed by atoms with van der Waals surface area (Å²) in [6, 6.07) is 14.6. The van der Waals surface area contributed by atoms with E-state index in [-0.39, 0.29) is 10.5 Å². The molecular formula is C18H9BCl5F. The van der Waals surface area contributed by atoms with Crippen LogP contribution >= 0.6 is 58.0 Å². The molecule has 0 aliphatic rings. The number of benzene rings is 3. The van der Waals surface area contributed by atoms with Crippen molar-refractivity contribution in [3.05, 3.63) is 85.5 Å². The van der Waals surface area contributed by atoms with Crippen molar-refractivity contribution in [2.24, 2.45) is 0 Å². The Kier molecular flexibility index (Phi) is 5.87. The van der Waals surface area contributed by atoms with Crippen molar-refractivity contribution < 1.29 is 4.39 Å². The molecule has 0 aliphatic heterocycles. The van der Waals surface area contributed by atoms with Gasteiger partial charge in [-0.05, 0) is 52.8 Å². The Bertz CT molecular complexity index is 762. The van der Waals surface area contributed by atoms with Crippen LogP contribution < -0.4 is 16.4 Å². The molecule has 0 nitrogen and oxygen atoms in total. The Morgan fingerprint density at radius 3 is 1.20 bits per heavy atom. The highest BCUT2D eigenvalue weighted by Crippen LogP contribution is 2.22. The largest absolute Gasteiger partial charge is 0.254 e. The Labute approximate surface area is 170 Å². The molecule has 0 fully saturated rings. The van der Waals surface area contributed by atoms with Crippen molar-refractivity contribution in [1.29, 1.82) is 0 Å². The third-order valence-electron chi connectivity index (χ3n) is 3.87. The van der Waals surface area contributed by atoms with Crippen molar-refractivity contribution >= 4 is 81.1 Å².